The van der Waals surface area contributed by atoms with Gasteiger partial charge in [0.2, 0.25) is 0 Å². The van der Waals surface area contributed by atoms with Gasteiger partial charge in [0, 0.05) is 5.70 Å². The summed E-state index contributed by atoms with van der Waals surface area (Å²) >= 11 is 0. The quantitative estimate of drug-likeness (QED) is 0.589. The van der Waals surface area contributed by atoms with Crippen molar-refractivity contribution >= 4 is 0 Å². The van der Waals surface area contributed by atoms with Crippen molar-refractivity contribution in [1.29, 1.82) is 0 Å². The first kappa shape index (κ1) is 8.76. The Bertz CT molecular complexity index is 185. The van der Waals surface area contributed by atoms with Crippen LogP contribution in [-0.2, 0) is 0 Å². The first-order valence-corrected chi connectivity index (χ1v) is 3.13. The summed E-state index contributed by atoms with van der Waals surface area (Å²) in [6, 6.07) is 0. The van der Waals surface area contributed by atoms with Crippen molar-refractivity contribution in [3.8, 4) is 0 Å². The van der Waals surface area contributed by atoms with Gasteiger partial charge in [-0.25, -0.2) is 0 Å². The summed E-state index contributed by atoms with van der Waals surface area (Å²) in [7, 11) is 0. The molecule has 0 amide bonds. The third-order valence-electron chi connectivity index (χ3n) is 1.16. The van der Waals surface area contributed by atoms with E-state index in [1.54, 1.807) is 18.2 Å². The maximum atomic E-state index is 5.60. The maximum absolute atomic E-state index is 5.60. The van der Waals surface area contributed by atoms with E-state index in [1.807, 2.05) is 13.0 Å². The summed E-state index contributed by atoms with van der Waals surface area (Å²) < 4.78 is 0. The van der Waals surface area contributed by atoms with Crippen LogP contribution in [0.3, 0.4) is 0 Å². The van der Waals surface area contributed by atoms with Crippen LogP contribution in [0.1, 0.15) is 6.92 Å². The van der Waals surface area contributed by atoms with E-state index in [1.165, 1.54) is 0 Å². The average Bonchev–Trinajstić information content (AvgIpc) is 1.91. The van der Waals surface area contributed by atoms with Crippen LogP contribution >= 0.6 is 0 Å². The van der Waals surface area contributed by atoms with Gasteiger partial charge in [-0.2, -0.15) is 0 Å². The predicted molar refractivity (Wildman–Crippen MR) is 46.4 cm³/mol. The molecule has 0 saturated carbocycles. The van der Waals surface area contributed by atoms with Gasteiger partial charge in [0.25, 0.3) is 0 Å². The molecule has 0 unspecified atom stereocenters. The molecule has 0 radical (unpaired) electrons. The van der Waals surface area contributed by atoms with Crippen molar-refractivity contribution in [2.45, 2.75) is 6.92 Å². The third kappa shape index (κ3) is 2.35. The van der Waals surface area contributed by atoms with E-state index in [2.05, 4.69) is 13.2 Å². The van der Waals surface area contributed by atoms with Crippen molar-refractivity contribution < 1.29 is 0 Å². The third-order valence-corrected chi connectivity index (χ3v) is 1.16. The zero-order valence-electron chi connectivity index (χ0n) is 6.30. The molecule has 0 spiro atoms. The lowest BCUT2D eigenvalue weighted by atomic mass is 10.2. The first-order chi connectivity index (χ1) is 4.76. The summed E-state index contributed by atoms with van der Waals surface area (Å²) in [5.41, 5.74) is 7.25. The Balaban J connectivity index is 4.45. The zero-order valence-corrected chi connectivity index (χ0v) is 6.30. The maximum Gasteiger partial charge on any atom is 0.0383 e. The van der Waals surface area contributed by atoms with E-state index in [4.69, 9.17) is 5.73 Å². The van der Waals surface area contributed by atoms with Crippen molar-refractivity contribution in [3.63, 3.8) is 0 Å². The van der Waals surface area contributed by atoms with Gasteiger partial charge in [-0.3, -0.25) is 0 Å². The lowest BCUT2D eigenvalue weighted by Crippen LogP contribution is -1.97. The van der Waals surface area contributed by atoms with Gasteiger partial charge in [0.15, 0.2) is 0 Å². The molecule has 1 heteroatoms. The standard InChI is InChI=1S/C9H13N/c1-4-7-9(10)8(5-2)6-3/h4-7H,1-2,10H2,3H3/b8-6-,9-7+. The molecule has 0 aliphatic carbocycles. The van der Waals surface area contributed by atoms with Gasteiger partial charge in [-0.1, -0.05) is 31.4 Å². The molecule has 0 fully saturated rings. The monoisotopic (exact) mass is 135 g/mol. The van der Waals surface area contributed by atoms with Crippen molar-refractivity contribution in [2.75, 3.05) is 0 Å². The molecule has 0 saturated heterocycles. The SMILES string of the molecule is C=C/C=C(N)\C(C=C)=C/C. The smallest absolute Gasteiger partial charge is 0.0383 e. The lowest BCUT2D eigenvalue weighted by molar-refractivity contribution is 1.34. The van der Waals surface area contributed by atoms with E-state index in [0.29, 0.717) is 5.70 Å². The molecule has 0 aliphatic heterocycles. The van der Waals surface area contributed by atoms with Crippen molar-refractivity contribution in [2.24, 2.45) is 5.73 Å². The molecule has 0 atom stereocenters. The lowest BCUT2D eigenvalue weighted by Gasteiger charge is -1.97. The fraction of sp³-hybridized carbons (Fsp3) is 0.111. The highest BCUT2D eigenvalue weighted by atomic mass is 14.6. The second-order valence-corrected chi connectivity index (χ2v) is 1.81. The van der Waals surface area contributed by atoms with Crippen LogP contribution in [0.5, 0.6) is 0 Å². The fourth-order valence-corrected chi connectivity index (χ4v) is 0.626. The Hall–Kier alpha value is -1.24. The second-order valence-electron chi connectivity index (χ2n) is 1.81. The summed E-state index contributed by atoms with van der Waals surface area (Å²) in [4.78, 5) is 0. The minimum Gasteiger partial charge on any atom is -0.398 e. The Labute approximate surface area is 62.2 Å². The summed E-state index contributed by atoms with van der Waals surface area (Å²) in [5.74, 6) is 0. The van der Waals surface area contributed by atoms with Crippen LogP contribution in [-0.4, -0.2) is 0 Å². The van der Waals surface area contributed by atoms with Gasteiger partial charge >= 0.3 is 0 Å². The average molecular weight is 135 g/mol. The molecule has 1 nitrogen and oxygen atoms in total. The van der Waals surface area contributed by atoms with Crippen LogP contribution in [0, 0.1) is 0 Å². The molecular formula is C9H13N. The number of hydrogen-bond donors (Lipinski definition) is 1. The Morgan fingerprint density at radius 2 is 2.00 bits per heavy atom. The van der Waals surface area contributed by atoms with Crippen LogP contribution in [0.25, 0.3) is 0 Å². The molecule has 0 rings (SSSR count). The van der Waals surface area contributed by atoms with E-state index >= 15 is 0 Å². The molecule has 0 aliphatic rings. The number of allylic oxidation sites excluding steroid dienone is 4. The molecule has 0 aromatic heterocycles. The van der Waals surface area contributed by atoms with E-state index in [-0.39, 0.29) is 0 Å². The number of hydrogen-bond acceptors (Lipinski definition) is 1. The van der Waals surface area contributed by atoms with Gasteiger partial charge in [-0.05, 0) is 18.6 Å². The van der Waals surface area contributed by atoms with Crippen molar-refractivity contribution in [1.82, 2.24) is 0 Å². The van der Waals surface area contributed by atoms with Crippen LogP contribution in [0.4, 0.5) is 0 Å². The van der Waals surface area contributed by atoms with Crippen LogP contribution in [0.2, 0.25) is 0 Å². The molecule has 0 bridgehead atoms. The van der Waals surface area contributed by atoms with Crippen LogP contribution < -0.4 is 5.73 Å². The van der Waals surface area contributed by atoms with Gasteiger partial charge in [-0.15, -0.1) is 0 Å². The van der Waals surface area contributed by atoms with Gasteiger partial charge < -0.3 is 5.73 Å². The van der Waals surface area contributed by atoms with Crippen molar-refractivity contribution in [3.05, 3.63) is 48.7 Å². The van der Waals surface area contributed by atoms with E-state index in [0.717, 1.165) is 5.57 Å². The highest BCUT2D eigenvalue weighted by Gasteiger charge is 1.89. The summed E-state index contributed by atoms with van der Waals surface area (Å²) in [6.07, 6.45) is 7.02. The number of rotatable bonds is 3. The zero-order chi connectivity index (χ0) is 7.98. The minimum atomic E-state index is 0.701. The second kappa shape index (κ2) is 4.62. The normalized spacial score (nSPS) is 12.9. The van der Waals surface area contributed by atoms with Gasteiger partial charge in [0.1, 0.15) is 0 Å². The van der Waals surface area contributed by atoms with E-state index < -0.39 is 0 Å². The first-order valence-electron chi connectivity index (χ1n) is 3.13. The topological polar surface area (TPSA) is 26.0 Å². The highest BCUT2D eigenvalue weighted by Crippen LogP contribution is 2.03. The minimum absolute atomic E-state index is 0.701. The summed E-state index contributed by atoms with van der Waals surface area (Å²) in [6.45, 7) is 9.06. The molecule has 2 N–H and O–H groups in total. The summed E-state index contributed by atoms with van der Waals surface area (Å²) in [5, 5.41) is 0. The fourth-order valence-electron chi connectivity index (χ4n) is 0.626. The van der Waals surface area contributed by atoms with E-state index in [9.17, 15) is 0 Å². The number of nitrogens with two attached hydrogens (primary N) is 1. The predicted octanol–water partition coefficient (Wildman–Crippen LogP) is 2.15. The molecular weight excluding hydrogens is 122 g/mol. The Morgan fingerprint density at radius 3 is 2.30 bits per heavy atom. The van der Waals surface area contributed by atoms with Gasteiger partial charge in [0.05, 0.1) is 0 Å². The Kier molecular flexibility index (Phi) is 4.05. The molecule has 0 aromatic rings. The van der Waals surface area contributed by atoms with Crippen LogP contribution in [0.15, 0.2) is 48.7 Å². The molecule has 0 aromatic carbocycles. The molecule has 0 heterocycles. The largest absolute Gasteiger partial charge is 0.398 e. The highest BCUT2D eigenvalue weighted by molar-refractivity contribution is 5.37. The molecule has 54 valence electrons. The Morgan fingerprint density at radius 1 is 1.40 bits per heavy atom. The molecule has 10 heavy (non-hydrogen) atoms.